The number of hydrogen-bond acceptors (Lipinski definition) is 5. The van der Waals surface area contributed by atoms with Crippen molar-refractivity contribution in [1.82, 2.24) is 4.90 Å². The van der Waals surface area contributed by atoms with Crippen molar-refractivity contribution in [3.8, 4) is 11.5 Å². The van der Waals surface area contributed by atoms with Crippen LogP contribution in [0.25, 0.3) is 0 Å². The van der Waals surface area contributed by atoms with Gasteiger partial charge in [0, 0.05) is 32.6 Å². The molecule has 1 N–H and O–H groups in total. The van der Waals surface area contributed by atoms with Crippen LogP contribution in [0.3, 0.4) is 0 Å². The van der Waals surface area contributed by atoms with Crippen LogP contribution in [-0.2, 0) is 6.42 Å². The van der Waals surface area contributed by atoms with Crippen molar-refractivity contribution < 1.29 is 19.0 Å². The fourth-order valence-corrected chi connectivity index (χ4v) is 4.57. The van der Waals surface area contributed by atoms with E-state index in [-0.39, 0.29) is 11.9 Å². The maximum Gasteiger partial charge on any atom is 0.184 e. The summed E-state index contributed by atoms with van der Waals surface area (Å²) < 4.78 is 25.1. The molecule has 27 heavy (non-hydrogen) atoms. The van der Waals surface area contributed by atoms with Crippen molar-refractivity contribution in [2.75, 3.05) is 44.3 Å². The smallest absolute Gasteiger partial charge is 0.184 e. The number of hydrogen-bond donors (Lipinski definition) is 1. The van der Waals surface area contributed by atoms with Gasteiger partial charge in [-0.15, -0.1) is 0 Å². The highest BCUT2D eigenvalue weighted by Gasteiger charge is 2.37. The van der Waals surface area contributed by atoms with Crippen LogP contribution in [0.2, 0.25) is 0 Å². The summed E-state index contributed by atoms with van der Waals surface area (Å²) in [4.78, 5) is 4.63. The molecule has 5 nitrogen and oxygen atoms in total. The lowest BCUT2D eigenvalue weighted by molar-refractivity contribution is 0.0573. The molecule has 142 valence electrons. The molecule has 2 aromatic rings. The quantitative estimate of drug-likeness (QED) is 0.880. The summed E-state index contributed by atoms with van der Waals surface area (Å²) in [6.45, 7) is 4.53. The van der Waals surface area contributed by atoms with E-state index >= 15 is 0 Å². The van der Waals surface area contributed by atoms with Crippen molar-refractivity contribution in [3.63, 3.8) is 0 Å². The fraction of sp³-hybridized carbons (Fsp3) is 0.429. The molecule has 6 heteroatoms. The lowest BCUT2D eigenvalue weighted by Crippen LogP contribution is -2.49. The van der Waals surface area contributed by atoms with Gasteiger partial charge < -0.3 is 19.5 Å². The van der Waals surface area contributed by atoms with E-state index in [1.165, 1.54) is 6.07 Å². The van der Waals surface area contributed by atoms with E-state index in [0.717, 1.165) is 54.5 Å². The topological polar surface area (TPSA) is 45.2 Å². The molecule has 0 radical (unpaired) electrons. The number of benzene rings is 2. The predicted molar refractivity (Wildman–Crippen MR) is 100 cm³/mol. The van der Waals surface area contributed by atoms with Crippen LogP contribution in [0.4, 0.5) is 10.1 Å². The second-order valence-electron chi connectivity index (χ2n) is 7.38. The highest BCUT2D eigenvalue weighted by atomic mass is 19.1. The van der Waals surface area contributed by atoms with Gasteiger partial charge in [0.05, 0.1) is 17.8 Å². The van der Waals surface area contributed by atoms with E-state index in [9.17, 15) is 9.50 Å². The van der Waals surface area contributed by atoms with Gasteiger partial charge >= 0.3 is 0 Å². The molecular formula is C21H23FN2O3. The van der Waals surface area contributed by atoms with Crippen LogP contribution in [-0.4, -0.2) is 55.5 Å². The number of aliphatic hydroxyl groups is 1. The van der Waals surface area contributed by atoms with Gasteiger partial charge in [0.25, 0.3) is 0 Å². The highest BCUT2D eigenvalue weighted by Crippen LogP contribution is 2.41. The summed E-state index contributed by atoms with van der Waals surface area (Å²) in [5.74, 6) is 1.41. The minimum Gasteiger partial charge on any atom is -0.486 e. The Kier molecular flexibility index (Phi) is 4.17. The van der Waals surface area contributed by atoms with Crippen molar-refractivity contribution in [2.24, 2.45) is 0 Å². The number of anilines is 1. The molecule has 0 amide bonds. The average molecular weight is 370 g/mol. The second-order valence-corrected chi connectivity index (χ2v) is 7.38. The summed E-state index contributed by atoms with van der Waals surface area (Å²) >= 11 is 0. The van der Waals surface area contributed by atoms with Crippen molar-refractivity contribution >= 4 is 5.69 Å². The van der Waals surface area contributed by atoms with E-state index in [4.69, 9.17) is 9.47 Å². The number of aliphatic hydroxyl groups excluding tert-OH is 1. The van der Waals surface area contributed by atoms with E-state index < -0.39 is 6.10 Å². The zero-order valence-electron chi connectivity index (χ0n) is 15.1. The number of nitrogens with zero attached hydrogens (tertiary/aromatic N) is 2. The maximum atomic E-state index is 13.5. The maximum absolute atomic E-state index is 13.5. The Morgan fingerprint density at radius 1 is 1.00 bits per heavy atom. The Morgan fingerprint density at radius 3 is 2.67 bits per heavy atom. The molecule has 0 aromatic heterocycles. The van der Waals surface area contributed by atoms with Crippen LogP contribution in [0.5, 0.6) is 11.5 Å². The molecule has 1 aliphatic carbocycles. The third-order valence-corrected chi connectivity index (χ3v) is 5.81. The summed E-state index contributed by atoms with van der Waals surface area (Å²) in [5, 5.41) is 10.6. The standard InChI is InChI=1S/C21H23FN2O3/c22-15-4-5-16-14(12-15)13-18(25)20(16)24-8-6-23(7-9-24)17-2-1-3-19-21(17)27-11-10-26-19/h1-5,12,18,20,25H,6-11,13H2/t18-,20+/m1/s1. The van der Waals surface area contributed by atoms with E-state index in [1.54, 1.807) is 6.07 Å². The minimum atomic E-state index is -0.477. The van der Waals surface area contributed by atoms with E-state index in [1.807, 2.05) is 18.2 Å². The largest absolute Gasteiger partial charge is 0.486 e. The Labute approximate surface area is 157 Å². The average Bonchev–Trinajstić information content (AvgIpc) is 3.02. The van der Waals surface area contributed by atoms with Gasteiger partial charge in [-0.25, -0.2) is 4.39 Å². The molecule has 1 fully saturated rings. The molecule has 2 aromatic carbocycles. The van der Waals surface area contributed by atoms with Gasteiger partial charge in [-0.3, -0.25) is 4.90 Å². The highest BCUT2D eigenvalue weighted by molar-refractivity contribution is 5.65. The number of para-hydroxylation sites is 1. The molecule has 0 bridgehead atoms. The SMILES string of the molecule is O[C@@H]1Cc2cc(F)ccc2[C@@H]1N1CCN(c2cccc3c2OCCO3)CC1. The number of rotatable bonds is 2. The van der Waals surface area contributed by atoms with Gasteiger partial charge in [0.2, 0.25) is 0 Å². The van der Waals surface area contributed by atoms with Crippen LogP contribution >= 0.6 is 0 Å². The number of fused-ring (bicyclic) bond motifs is 2. The first-order valence-corrected chi connectivity index (χ1v) is 9.55. The lowest BCUT2D eigenvalue weighted by Gasteiger charge is -2.41. The van der Waals surface area contributed by atoms with Gasteiger partial charge in [0.15, 0.2) is 11.5 Å². The Balaban J connectivity index is 1.33. The molecular weight excluding hydrogens is 347 g/mol. The molecule has 3 aliphatic rings. The monoisotopic (exact) mass is 370 g/mol. The van der Waals surface area contributed by atoms with Crippen LogP contribution in [0, 0.1) is 5.82 Å². The predicted octanol–water partition coefficient (Wildman–Crippen LogP) is 2.38. The molecule has 0 spiro atoms. The Morgan fingerprint density at radius 2 is 1.81 bits per heavy atom. The molecule has 5 rings (SSSR count). The molecule has 2 atom stereocenters. The summed E-state index contributed by atoms with van der Waals surface area (Å²) in [6, 6.07) is 10.9. The normalized spacial score (nSPS) is 24.7. The van der Waals surface area contributed by atoms with Gasteiger partial charge in [0.1, 0.15) is 19.0 Å². The van der Waals surface area contributed by atoms with E-state index in [0.29, 0.717) is 19.6 Å². The Hall–Kier alpha value is -2.31. The van der Waals surface area contributed by atoms with Crippen LogP contribution in [0.1, 0.15) is 17.2 Å². The third-order valence-electron chi connectivity index (χ3n) is 5.81. The zero-order chi connectivity index (χ0) is 18.4. The number of ether oxygens (including phenoxy) is 2. The van der Waals surface area contributed by atoms with Gasteiger partial charge in [-0.1, -0.05) is 12.1 Å². The first kappa shape index (κ1) is 16.8. The molecule has 2 aliphatic heterocycles. The first-order valence-electron chi connectivity index (χ1n) is 9.55. The third kappa shape index (κ3) is 2.93. The second kappa shape index (κ2) is 6.69. The number of halogens is 1. The van der Waals surface area contributed by atoms with E-state index in [2.05, 4.69) is 15.9 Å². The van der Waals surface area contributed by atoms with Crippen molar-refractivity contribution in [2.45, 2.75) is 18.6 Å². The van der Waals surface area contributed by atoms with Gasteiger partial charge in [-0.2, -0.15) is 0 Å². The first-order chi connectivity index (χ1) is 13.2. The minimum absolute atomic E-state index is 0.0491. The fourth-order valence-electron chi connectivity index (χ4n) is 4.57. The van der Waals surface area contributed by atoms with Crippen LogP contribution in [0.15, 0.2) is 36.4 Å². The zero-order valence-corrected chi connectivity index (χ0v) is 15.1. The molecule has 2 heterocycles. The summed E-state index contributed by atoms with van der Waals surface area (Å²) in [5.41, 5.74) is 3.06. The number of piperazine rings is 1. The van der Waals surface area contributed by atoms with Gasteiger partial charge in [-0.05, 0) is 35.4 Å². The van der Waals surface area contributed by atoms with Crippen molar-refractivity contribution in [3.05, 3.63) is 53.3 Å². The van der Waals surface area contributed by atoms with Crippen molar-refractivity contribution in [1.29, 1.82) is 0 Å². The molecule has 0 unspecified atom stereocenters. The Bertz CT molecular complexity index is 851. The summed E-state index contributed by atoms with van der Waals surface area (Å²) in [7, 11) is 0. The molecule has 1 saturated heterocycles. The van der Waals surface area contributed by atoms with Crippen LogP contribution < -0.4 is 14.4 Å². The summed E-state index contributed by atoms with van der Waals surface area (Å²) in [6.07, 6.45) is 0.0459. The lowest BCUT2D eigenvalue weighted by atomic mass is 10.0. The molecule has 0 saturated carbocycles.